The maximum absolute atomic E-state index is 8.78. The summed E-state index contributed by atoms with van der Waals surface area (Å²) in [6, 6.07) is 14.1. The number of ether oxygens (including phenoxy) is 2. The minimum Gasteiger partial charge on any atom is -0.493 e. The first-order valence-corrected chi connectivity index (χ1v) is 7.40. The Morgan fingerprint density at radius 1 is 1.00 bits per heavy atom. The van der Waals surface area contributed by atoms with Crippen LogP contribution in [-0.2, 0) is 13.2 Å². The highest BCUT2D eigenvalue weighted by Gasteiger charge is 2.06. The van der Waals surface area contributed by atoms with Crippen LogP contribution in [0.5, 0.6) is 11.5 Å². The Morgan fingerprint density at radius 3 is 2.41 bits per heavy atom. The zero-order chi connectivity index (χ0) is 15.8. The zero-order valence-corrected chi connectivity index (χ0v) is 13.1. The molecular weight excluding hydrogens is 278 g/mol. The Balaban J connectivity index is 1.99. The van der Waals surface area contributed by atoms with Gasteiger partial charge in [-0.15, -0.1) is 0 Å². The van der Waals surface area contributed by atoms with Gasteiger partial charge in [0, 0.05) is 13.1 Å². The monoisotopic (exact) mass is 301 g/mol. The normalized spacial score (nSPS) is 10.5. The molecule has 0 atom stereocenters. The first kappa shape index (κ1) is 16.3. The van der Waals surface area contributed by atoms with Crippen molar-refractivity contribution in [2.75, 3.05) is 20.3 Å². The van der Waals surface area contributed by atoms with Gasteiger partial charge >= 0.3 is 0 Å². The summed E-state index contributed by atoms with van der Waals surface area (Å²) in [5.74, 6) is 1.45. The Bertz CT molecular complexity index is 581. The average molecular weight is 301 g/mol. The van der Waals surface area contributed by atoms with Crippen molar-refractivity contribution >= 4 is 0 Å². The number of aryl methyl sites for hydroxylation is 1. The molecule has 0 heterocycles. The van der Waals surface area contributed by atoms with E-state index in [0.717, 1.165) is 22.6 Å². The number of hydrogen-bond acceptors (Lipinski definition) is 4. The van der Waals surface area contributed by atoms with E-state index in [-0.39, 0.29) is 6.61 Å². The van der Waals surface area contributed by atoms with Gasteiger partial charge in [0.25, 0.3) is 0 Å². The number of benzene rings is 2. The Labute approximate surface area is 131 Å². The summed E-state index contributed by atoms with van der Waals surface area (Å²) in [7, 11) is 1.64. The van der Waals surface area contributed by atoms with Crippen molar-refractivity contribution in [3.63, 3.8) is 0 Å². The SMILES string of the molecule is COc1cc(CNCCO)ccc1OCc1ccc(C)cc1. The lowest BCUT2D eigenvalue weighted by Gasteiger charge is -2.13. The number of methoxy groups -OCH3 is 1. The van der Waals surface area contributed by atoms with Crippen molar-refractivity contribution in [3.05, 3.63) is 59.2 Å². The molecule has 22 heavy (non-hydrogen) atoms. The van der Waals surface area contributed by atoms with E-state index >= 15 is 0 Å². The fourth-order valence-corrected chi connectivity index (χ4v) is 2.10. The van der Waals surface area contributed by atoms with Crippen molar-refractivity contribution in [2.45, 2.75) is 20.1 Å². The van der Waals surface area contributed by atoms with Crippen LogP contribution >= 0.6 is 0 Å². The van der Waals surface area contributed by atoms with Gasteiger partial charge < -0.3 is 19.9 Å². The van der Waals surface area contributed by atoms with E-state index in [4.69, 9.17) is 14.6 Å². The minimum absolute atomic E-state index is 0.134. The second kappa shape index (κ2) is 8.41. The van der Waals surface area contributed by atoms with Crippen LogP contribution in [0.2, 0.25) is 0 Å². The largest absolute Gasteiger partial charge is 0.493 e. The molecule has 4 heteroatoms. The van der Waals surface area contributed by atoms with E-state index in [2.05, 4.69) is 36.5 Å². The molecule has 0 aromatic heterocycles. The summed E-state index contributed by atoms with van der Waals surface area (Å²) < 4.78 is 11.2. The Kier molecular flexibility index (Phi) is 6.25. The van der Waals surface area contributed by atoms with E-state index in [0.29, 0.717) is 19.7 Å². The van der Waals surface area contributed by atoms with E-state index in [1.54, 1.807) is 7.11 Å². The van der Waals surface area contributed by atoms with Gasteiger partial charge in [-0.25, -0.2) is 0 Å². The van der Waals surface area contributed by atoms with Crippen LogP contribution in [0.1, 0.15) is 16.7 Å². The Morgan fingerprint density at radius 2 is 1.73 bits per heavy atom. The fourth-order valence-electron chi connectivity index (χ4n) is 2.10. The van der Waals surface area contributed by atoms with Crippen molar-refractivity contribution in [1.82, 2.24) is 5.32 Å². The van der Waals surface area contributed by atoms with Gasteiger partial charge in [-0.05, 0) is 30.2 Å². The maximum Gasteiger partial charge on any atom is 0.161 e. The molecule has 4 nitrogen and oxygen atoms in total. The molecular formula is C18H23NO3. The number of hydrogen-bond donors (Lipinski definition) is 2. The summed E-state index contributed by atoms with van der Waals surface area (Å²) in [5, 5.41) is 11.9. The quantitative estimate of drug-likeness (QED) is 0.736. The van der Waals surface area contributed by atoms with Crippen LogP contribution in [0.4, 0.5) is 0 Å². The first-order valence-electron chi connectivity index (χ1n) is 7.40. The second-order valence-electron chi connectivity index (χ2n) is 5.16. The van der Waals surface area contributed by atoms with E-state index < -0.39 is 0 Å². The molecule has 0 amide bonds. The molecule has 0 saturated carbocycles. The number of rotatable bonds is 8. The molecule has 0 unspecified atom stereocenters. The average Bonchev–Trinajstić information content (AvgIpc) is 2.55. The highest BCUT2D eigenvalue weighted by atomic mass is 16.5. The van der Waals surface area contributed by atoms with Gasteiger partial charge in [0.1, 0.15) is 6.61 Å². The van der Waals surface area contributed by atoms with Crippen LogP contribution in [0.15, 0.2) is 42.5 Å². The van der Waals surface area contributed by atoms with Crippen LogP contribution in [0, 0.1) is 6.92 Å². The minimum atomic E-state index is 0.134. The molecule has 118 valence electrons. The van der Waals surface area contributed by atoms with Gasteiger partial charge in [0.2, 0.25) is 0 Å². The summed E-state index contributed by atoms with van der Waals surface area (Å²) in [5.41, 5.74) is 3.45. The lowest BCUT2D eigenvalue weighted by molar-refractivity contribution is 0.284. The van der Waals surface area contributed by atoms with Crippen molar-refractivity contribution in [3.8, 4) is 11.5 Å². The van der Waals surface area contributed by atoms with Crippen LogP contribution in [-0.4, -0.2) is 25.4 Å². The summed E-state index contributed by atoms with van der Waals surface area (Å²) in [4.78, 5) is 0. The highest BCUT2D eigenvalue weighted by molar-refractivity contribution is 5.43. The smallest absolute Gasteiger partial charge is 0.161 e. The number of aliphatic hydroxyl groups excluding tert-OH is 1. The van der Waals surface area contributed by atoms with Gasteiger partial charge in [-0.2, -0.15) is 0 Å². The Hall–Kier alpha value is -2.04. The molecule has 0 bridgehead atoms. The molecule has 2 rings (SSSR count). The van der Waals surface area contributed by atoms with E-state index in [9.17, 15) is 0 Å². The number of nitrogens with one attached hydrogen (secondary N) is 1. The standard InChI is InChI=1S/C18H23NO3/c1-14-3-5-15(6-4-14)13-22-17-8-7-16(11-18(17)21-2)12-19-9-10-20/h3-8,11,19-20H,9-10,12-13H2,1-2H3. The van der Waals surface area contributed by atoms with Crippen LogP contribution < -0.4 is 14.8 Å². The second-order valence-corrected chi connectivity index (χ2v) is 5.16. The third-order valence-corrected chi connectivity index (χ3v) is 3.36. The van der Waals surface area contributed by atoms with Crippen molar-refractivity contribution < 1.29 is 14.6 Å². The van der Waals surface area contributed by atoms with E-state index in [1.165, 1.54) is 5.56 Å². The third-order valence-electron chi connectivity index (χ3n) is 3.36. The molecule has 2 aromatic rings. The zero-order valence-electron chi connectivity index (χ0n) is 13.1. The van der Waals surface area contributed by atoms with Gasteiger partial charge in [-0.1, -0.05) is 35.9 Å². The fraction of sp³-hybridized carbons (Fsp3) is 0.333. The highest BCUT2D eigenvalue weighted by Crippen LogP contribution is 2.28. The van der Waals surface area contributed by atoms with E-state index in [1.807, 2.05) is 18.2 Å². The van der Waals surface area contributed by atoms with Crippen molar-refractivity contribution in [1.29, 1.82) is 0 Å². The lowest BCUT2D eigenvalue weighted by atomic mass is 10.1. The molecule has 2 aromatic carbocycles. The van der Waals surface area contributed by atoms with Crippen molar-refractivity contribution in [2.24, 2.45) is 0 Å². The molecule has 0 aliphatic heterocycles. The molecule has 0 fully saturated rings. The molecule has 0 saturated heterocycles. The predicted molar refractivity (Wildman–Crippen MR) is 87.3 cm³/mol. The van der Waals surface area contributed by atoms with Gasteiger partial charge in [0.15, 0.2) is 11.5 Å². The lowest BCUT2D eigenvalue weighted by Crippen LogP contribution is -2.17. The predicted octanol–water partition coefficient (Wildman–Crippen LogP) is 2.66. The van der Waals surface area contributed by atoms with Gasteiger partial charge in [-0.3, -0.25) is 0 Å². The third kappa shape index (κ3) is 4.76. The summed E-state index contributed by atoms with van der Waals surface area (Å²) >= 11 is 0. The molecule has 0 aliphatic rings. The summed E-state index contributed by atoms with van der Waals surface area (Å²) in [6.45, 7) is 3.98. The first-order chi connectivity index (χ1) is 10.7. The summed E-state index contributed by atoms with van der Waals surface area (Å²) in [6.07, 6.45) is 0. The molecule has 0 spiro atoms. The molecule has 0 radical (unpaired) electrons. The van der Waals surface area contributed by atoms with Crippen LogP contribution in [0.25, 0.3) is 0 Å². The maximum atomic E-state index is 8.78. The molecule has 2 N–H and O–H groups in total. The number of aliphatic hydroxyl groups is 1. The topological polar surface area (TPSA) is 50.7 Å². The van der Waals surface area contributed by atoms with Crippen LogP contribution in [0.3, 0.4) is 0 Å². The molecule has 0 aliphatic carbocycles. The van der Waals surface area contributed by atoms with Gasteiger partial charge in [0.05, 0.1) is 13.7 Å².